The van der Waals surface area contributed by atoms with E-state index in [2.05, 4.69) is 10.1 Å². The van der Waals surface area contributed by atoms with Gasteiger partial charge in [-0.15, -0.1) is 0 Å². The number of halogens is 2. The van der Waals surface area contributed by atoms with Crippen LogP contribution in [0.2, 0.25) is 0 Å². The molecule has 1 aromatic carbocycles. The van der Waals surface area contributed by atoms with E-state index in [0.717, 1.165) is 4.52 Å². The van der Waals surface area contributed by atoms with E-state index in [4.69, 9.17) is 9.47 Å². The summed E-state index contributed by atoms with van der Waals surface area (Å²) in [5.41, 5.74) is 0.935. The number of hydrogen-bond donors (Lipinski definition) is 0. The van der Waals surface area contributed by atoms with Crippen molar-refractivity contribution in [2.24, 2.45) is 0 Å². The van der Waals surface area contributed by atoms with Gasteiger partial charge in [0.2, 0.25) is 0 Å². The Morgan fingerprint density at radius 1 is 1.20 bits per heavy atom. The maximum atomic E-state index is 13.8. The summed E-state index contributed by atoms with van der Waals surface area (Å²) in [5.74, 6) is 0.344. The summed E-state index contributed by atoms with van der Waals surface area (Å²) in [6.45, 7) is 4.61. The summed E-state index contributed by atoms with van der Waals surface area (Å²) < 4.78 is 39.4. The van der Waals surface area contributed by atoms with Gasteiger partial charge in [-0.25, -0.2) is 18.3 Å². The van der Waals surface area contributed by atoms with Crippen molar-refractivity contribution >= 4 is 11.6 Å². The summed E-state index contributed by atoms with van der Waals surface area (Å²) in [6.07, 6.45) is -1.70. The third-order valence-electron chi connectivity index (χ3n) is 5.05. The molecule has 0 N–H and O–H groups in total. The SMILES string of the molecule is COc1ccc(-c2cc(C(F)F)n3ncc(C(=O)N4C[C@@H](C)O[C@@H](C)C4)c3n2)cc1. The van der Waals surface area contributed by atoms with Gasteiger partial charge in [0.05, 0.1) is 31.2 Å². The van der Waals surface area contributed by atoms with E-state index in [1.165, 1.54) is 12.3 Å². The predicted molar refractivity (Wildman–Crippen MR) is 106 cm³/mol. The molecular formula is C21H22F2N4O3. The zero-order valence-electron chi connectivity index (χ0n) is 16.9. The summed E-state index contributed by atoms with van der Waals surface area (Å²) in [6, 6.07) is 8.20. The monoisotopic (exact) mass is 416 g/mol. The molecule has 2 atom stereocenters. The van der Waals surface area contributed by atoms with Gasteiger partial charge in [0.1, 0.15) is 17.0 Å². The Kier molecular flexibility index (Phi) is 5.38. The summed E-state index contributed by atoms with van der Waals surface area (Å²) in [7, 11) is 1.55. The zero-order chi connectivity index (χ0) is 21.4. The van der Waals surface area contributed by atoms with Crippen LogP contribution >= 0.6 is 0 Å². The van der Waals surface area contributed by atoms with Crippen molar-refractivity contribution in [1.29, 1.82) is 0 Å². The fourth-order valence-corrected chi connectivity index (χ4v) is 3.72. The lowest BCUT2D eigenvalue weighted by Crippen LogP contribution is -2.48. The fraction of sp³-hybridized carbons (Fsp3) is 0.381. The average molecular weight is 416 g/mol. The fourth-order valence-electron chi connectivity index (χ4n) is 3.72. The number of benzene rings is 1. The van der Waals surface area contributed by atoms with E-state index in [1.807, 2.05) is 13.8 Å². The summed E-state index contributed by atoms with van der Waals surface area (Å²) >= 11 is 0. The molecule has 4 rings (SSSR count). The lowest BCUT2D eigenvalue weighted by atomic mass is 10.1. The topological polar surface area (TPSA) is 69.0 Å². The van der Waals surface area contributed by atoms with Crippen molar-refractivity contribution in [3.8, 4) is 17.0 Å². The molecule has 3 aromatic rings. The van der Waals surface area contributed by atoms with Gasteiger partial charge < -0.3 is 14.4 Å². The van der Waals surface area contributed by atoms with Crippen molar-refractivity contribution in [2.45, 2.75) is 32.5 Å². The largest absolute Gasteiger partial charge is 0.497 e. The molecule has 1 aliphatic heterocycles. The number of amides is 1. The molecule has 0 spiro atoms. The maximum absolute atomic E-state index is 13.8. The third kappa shape index (κ3) is 3.72. The highest BCUT2D eigenvalue weighted by Gasteiger charge is 2.29. The first-order valence-electron chi connectivity index (χ1n) is 9.63. The van der Waals surface area contributed by atoms with Crippen LogP contribution in [0.15, 0.2) is 36.5 Å². The number of morpholine rings is 1. The Hall–Kier alpha value is -3.07. The number of methoxy groups -OCH3 is 1. The molecular weight excluding hydrogens is 394 g/mol. The van der Waals surface area contributed by atoms with Crippen LogP contribution in [0.5, 0.6) is 5.75 Å². The number of nitrogens with zero attached hydrogens (tertiary/aromatic N) is 4. The van der Waals surface area contributed by atoms with Crippen LogP contribution in [0, 0.1) is 0 Å². The average Bonchev–Trinajstić information content (AvgIpc) is 3.15. The molecule has 1 saturated heterocycles. The van der Waals surface area contributed by atoms with Crippen LogP contribution < -0.4 is 4.74 Å². The molecule has 0 saturated carbocycles. The first-order valence-corrected chi connectivity index (χ1v) is 9.63. The molecule has 0 aliphatic carbocycles. The number of carbonyl (C=O) groups is 1. The number of ether oxygens (including phenoxy) is 2. The van der Waals surface area contributed by atoms with Crippen LogP contribution in [0.3, 0.4) is 0 Å². The van der Waals surface area contributed by atoms with Crippen LogP contribution in [0.1, 0.15) is 36.3 Å². The van der Waals surface area contributed by atoms with Gasteiger partial charge in [0.15, 0.2) is 5.65 Å². The van der Waals surface area contributed by atoms with Gasteiger partial charge >= 0.3 is 0 Å². The standard InChI is InChI=1S/C21H22F2N4O3/c1-12-10-26(11-13(2)30-12)21(28)16-9-24-27-18(19(22)23)8-17(25-20(16)27)14-4-6-15(29-3)7-5-14/h4-9,12-13,19H,10-11H2,1-3H3/t12-,13+. The maximum Gasteiger partial charge on any atom is 0.280 e. The Balaban J connectivity index is 1.79. The third-order valence-corrected chi connectivity index (χ3v) is 5.05. The van der Waals surface area contributed by atoms with E-state index < -0.39 is 6.43 Å². The Morgan fingerprint density at radius 2 is 1.87 bits per heavy atom. The van der Waals surface area contributed by atoms with Crippen LogP contribution in [0.4, 0.5) is 8.78 Å². The van der Waals surface area contributed by atoms with Crippen molar-refractivity contribution in [2.75, 3.05) is 20.2 Å². The van der Waals surface area contributed by atoms with E-state index in [-0.39, 0.29) is 35.0 Å². The van der Waals surface area contributed by atoms with Crippen molar-refractivity contribution in [3.05, 3.63) is 47.8 Å². The molecule has 7 nitrogen and oxygen atoms in total. The van der Waals surface area contributed by atoms with Crippen LogP contribution in [-0.4, -0.2) is 57.8 Å². The molecule has 1 amide bonds. The first kappa shape index (κ1) is 20.2. The van der Waals surface area contributed by atoms with Crippen molar-refractivity contribution in [1.82, 2.24) is 19.5 Å². The molecule has 0 radical (unpaired) electrons. The van der Waals surface area contributed by atoms with Gasteiger partial charge in [0, 0.05) is 18.7 Å². The molecule has 1 fully saturated rings. The normalized spacial score (nSPS) is 19.5. The Labute approximate surface area is 172 Å². The van der Waals surface area contributed by atoms with E-state index in [9.17, 15) is 13.6 Å². The molecule has 1 aliphatic rings. The lowest BCUT2D eigenvalue weighted by molar-refractivity contribution is -0.0585. The second kappa shape index (κ2) is 7.98. The lowest BCUT2D eigenvalue weighted by Gasteiger charge is -2.35. The second-order valence-corrected chi connectivity index (χ2v) is 7.36. The minimum atomic E-state index is -2.78. The van der Waals surface area contributed by atoms with Gasteiger partial charge in [-0.3, -0.25) is 4.79 Å². The molecule has 30 heavy (non-hydrogen) atoms. The van der Waals surface area contributed by atoms with Crippen molar-refractivity contribution < 1.29 is 23.0 Å². The smallest absolute Gasteiger partial charge is 0.280 e. The zero-order valence-corrected chi connectivity index (χ0v) is 16.9. The number of rotatable bonds is 4. The van der Waals surface area contributed by atoms with Crippen LogP contribution in [0.25, 0.3) is 16.9 Å². The molecule has 3 heterocycles. The number of carbonyl (C=O) groups excluding carboxylic acids is 1. The molecule has 0 bridgehead atoms. The van der Waals surface area contributed by atoms with Gasteiger partial charge in [-0.2, -0.15) is 5.10 Å². The molecule has 0 unspecified atom stereocenters. The summed E-state index contributed by atoms with van der Waals surface area (Å²) in [5, 5.41) is 4.03. The highest BCUT2D eigenvalue weighted by Crippen LogP contribution is 2.28. The minimum absolute atomic E-state index is 0.107. The van der Waals surface area contributed by atoms with Gasteiger partial charge in [-0.05, 0) is 44.2 Å². The minimum Gasteiger partial charge on any atom is -0.497 e. The highest BCUT2D eigenvalue weighted by molar-refractivity contribution is 6.00. The van der Waals surface area contributed by atoms with Gasteiger partial charge in [0.25, 0.3) is 12.3 Å². The Bertz CT molecular complexity index is 1060. The van der Waals surface area contributed by atoms with Crippen molar-refractivity contribution in [3.63, 3.8) is 0 Å². The van der Waals surface area contributed by atoms with E-state index >= 15 is 0 Å². The van der Waals surface area contributed by atoms with E-state index in [1.54, 1.807) is 36.3 Å². The predicted octanol–water partition coefficient (Wildman–Crippen LogP) is 3.59. The summed E-state index contributed by atoms with van der Waals surface area (Å²) in [4.78, 5) is 19.3. The highest BCUT2D eigenvalue weighted by atomic mass is 19.3. The van der Waals surface area contributed by atoms with Crippen LogP contribution in [-0.2, 0) is 4.74 Å². The number of alkyl halides is 2. The number of aromatic nitrogens is 3. The molecule has 2 aromatic heterocycles. The Morgan fingerprint density at radius 3 is 2.47 bits per heavy atom. The second-order valence-electron chi connectivity index (χ2n) is 7.36. The quantitative estimate of drug-likeness (QED) is 0.650. The molecule has 9 heteroatoms. The number of fused-ring (bicyclic) bond motifs is 1. The first-order chi connectivity index (χ1) is 14.4. The molecule has 158 valence electrons. The van der Waals surface area contributed by atoms with Gasteiger partial charge in [-0.1, -0.05) is 0 Å². The van der Waals surface area contributed by atoms with E-state index in [0.29, 0.717) is 30.1 Å². The number of hydrogen-bond acceptors (Lipinski definition) is 5.